The Balaban J connectivity index is 1.50. The van der Waals surface area contributed by atoms with Gasteiger partial charge >= 0.3 is 0 Å². The molecule has 36 heavy (non-hydrogen) atoms. The molecule has 4 aromatic rings. The molecule has 3 aromatic heterocycles. The van der Waals surface area contributed by atoms with Crippen molar-refractivity contribution in [3.05, 3.63) is 30.0 Å². The number of rotatable bonds is 8. The Morgan fingerprint density at radius 2 is 1.97 bits per heavy atom. The van der Waals surface area contributed by atoms with Crippen LogP contribution in [-0.4, -0.2) is 51.0 Å². The number of fused-ring (bicyclic) bond motifs is 2. The lowest BCUT2D eigenvalue weighted by atomic mass is 10.1. The van der Waals surface area contributed by atoms with Crippen molar-refractivity contribution in [3.8, 4) is 22.1 Å². The Kier molecular flexibility index (Phi) is 6.53. The predicted molar refractivity (Wildman–Crippen MR) is 139 cm³/mol. The van der Waals surface area contributed by atoms with Gasteiger partial charge in [-0.1, -0.05) is 11.8 Å². The molecule has 0 aliphatic carbocycles. The number of nitrogens with one attached hydrogen (secondary N) is 1. The van der Waals surface area contributed by atoms with Crippen molar-refractivity contribution in [2.24, 2.45) is 0 Å². The summed E-state index contributed by atoms with van der Waals surface area (Å²) in [4.78, 5) is 18.5. The van der Waals surface area contributed by atoms with Gasteiger partial charge in [-0.05, 0) is 39.3 Å². The number of nitrogens with two attached hydrogens (primary N) is 1. The molecular weight excluding hydrogens is 522 g/mol. The van der Waals surface area contributed by atoms with E-state index in [0.717, 1.165) is 15.5 Å². The minimum atomic E-state index is -3.45. The lowest BCUT2D eigenvalue weighted by Crippen LogP contribution is -2.41. The van der Waals surface area contributed by atoms with Crippen molar-refractivity contribution in [1.29, 1.82) is 0 Å². The van der Waals surface area contributed by atoms with E-state index < -0.39 is 15.6 Å². The van der Waals surface area contributed by atoms with Gasteiger partial charge in [-0.25, -0.2) is 33.1 Å². The molecule has 190 valence electrons. The van der Waals surface area contributed by atoms with E-state index in [1.165, 1.54) is 29.4 Å². The maximum atomic E-state index is 12.5. The first kappa shape index (κ1) is 24.7. The van der Waals surface area contributed by atoms with E-state index in [9.17, 15) is 8.42 Å². The van der Waals surface area contributed by atoms with Gasteiger partial charge in [0.2, 0.25) is 16.8 Å². The van der Waals surface area contributed by atoms with Crippen LogP contribution < -0.4 is 19.9 Å². The highest BCUT2D eigenvalue weighted by atomic mass is 32.2. The zero-order valence-corrected chi connectivity index (χ0v) is 22.3. The molecule has 14 heteroatoms. The number of ether oxygens (including phenoxy) is 2. The molecule has 0 fully saturated rings. The largest absolute Gasteiger partial charge is 0.454 e. The number of hydrogen-bond acceptors (Lipinski definition) is 11. The number of anilines is 1. The minimum Gasteiger partial charge on any atom is -0.454 e. The number of aromatic nitrogens is 5. The third-order valence-electron chi connectivity index (χ3n) is 5.12. The number of thiazole rings is 1. The molecule has 1 aromatic carbocycles. The maximum absolute atomic E-state index is 12.5. The number of benzene rings is 1. The van der Waals surface area contributed by atoms with Crippen LogP contribution in [0.4, 0.5) is 5.82 Å². The summed E-state index contributed by atoms with van der Waals surface area (Å²) in [5.41, 5.74) is 7.44. The summed E-state index contributed by atoms with van der Waals surface area (Å²) < 4.78 is 40.8. The summed E-state index contributed by atoms with van der Waals surface area (Å²) in [6.45, 7) is 5.97. The summed E-state index contributed by atoms with van der Waals surface area (Å²) in [6.07, 6.45) is 3.48. The molecule has 0 saturated heterocycles. The first-order valence-corrected chi connectivity index (χ1v) is 14.4. The van der Waals surface area contributed by atoms with Gasteiger partial charge < -0.3 is 19.8 Å². The van der Waals surface area contributed by atoms with Crippen molar-refractivity contribution < 1.29 is 17.9 Å². The predicted octanol–water partition coefficient (Wildman–Crippen LogP) is 3.52. The van der Waals surface area contributed by atoms with E-state index in [4.69, 9.17) is 20.2 Å². The third-order valence-corrected chi connectivity index (χ3v) is 8.73. The van der Waals surface area contributed by atoms with Gasteiger partial charge in [-0.3, -0.25) is 0 Å². The fraction of sp³-hybridized carbons (Fsp3) is 0.364. The van der Waals surface area contributed by atoms with Crippen molar-refractivity contribution in [2.75, 3.05) is 18.3 Å². The van der Waals surface area contributed by atoms with Crippen molar-refractivity contribution in [2.45, 2.75) is 49.3 Å². The first-order chi connectivity index (χ1) is 17.1. The number of imidazole rings is 1. The highest BCUT2D eigenvalue weighted by Gasteiger charge is 2.24. The van der Waals surface area contributed by atoms with Gasteiger partial charge in [-0.15, -0.1) is 11.3 Å². The zero-order valence-electron chi connectivity index (χ0n) is 19.9. The summed E-state index contributed by atoms with van der Waals surface area (Å²) in [5.74, 6) is 1.51. The van der Waals surface area contributed by atoms with Crippen LogP contribution >= 0.6 is 23.1 Å². The molecular formula is C22H25N7O4S3. The van der Waals surface area contributed by atoms with Gasteiger partial charge in [-0.2, -0.15) is 0 Å². The lowest BCUT2D eigenvalue weighted by molar-refractivity contribution is 0.174. The Bertz CT molecular complexity index is 1510. The molecule has 5 rings (SSSR count). The van der Waals surface area contributed by atoms with Crippen LogP contribution in [0, 0.1) is 0 Å². The van der Waals surface area contributed by atoms with Crippen LogP contribution in [0.3, 0.4) is 0 Å². The van der Waals surface area contributed by atoms with Crippen molar-refractivity contribution in [3.63, 3.8) is 0 Å². The second kappa shape index (κ2) is 9.50. The molecule has 0 bridgehead atoms. The van der Waals surface area contributed by atoms with E-state index >= 15 is 0 Å². The van der Waals surface area contributed by atoms with Gasteiger partial charge in [0.15, 0.2) is 33.6 Å². The fourth-order valence-electron chi connectivity index (χ4n) is 3.77. The lowest BCUT2D eigenvalue weighted by Gasteiger charge is -2.20. The molecule has 0 unspecified atom stereocenters. The molecule has 0 amide bonds. The highest BCUT2D eigenvalue weighted by Crippen LogP contribution is 2.45. The van der Waals surface area contributed by atoms with E-state index in [1.54, 1.807) is 6.20 Å². The molecule has 4 heterocycles. The van der Waals surface area contributed by atoms with Gasteiger partial charge in [0, 0.05) is 34.1 Å². The molecule has 1 aliphatic rings. The van der Waals surface area contributed by atoms with Gasteiger partial charge in [0.1, 0.15) is 11.3 Å². The molecule has 0 saturated carbocycles. The van der Waals surface area contributed by atoms with E-state index in [-0.39, 0.29) is 18.4 Å². The maximum Gasteiger partial charge on any atom is 0.231 e. The van der Waals surface area contributed by atoms with Crippen LogP contribution in [0.5, 0.6) is 11.5 Å². The number of hydrogen-bond donors (Lipinski definition) is 2. The number of nitrogens with zero attached hydrogens (tertiary/aromatic N) is 5. The van der Waals surface area contributed by atoms with E-state index in [0.29, 0.717) is 40.8 Å². The van der Waals surface area contributed by atoms with Crippen molar-refractivity contribution in [1.82, 2.24) is 29.2 Å². The monoisotopic (exact) mass is 547 g/mol. The third kappa shape index (κ3) is 5.26. The standard InChI is InChI=1S/C22H25N7O4S3/c1-22(2,3)28-36(30,31)8-4-6-29-19-17(18(23)25-11-26-19)27-21(29)35-16-10-15-14(32-12-33-15)9-13(16)20-24-5-7-34-20/h5,7,9-11,28H,4,6,8,12H2,1-3H3,(H2,23,25,26). The number of sulfonamides is 1. The van der Waals surface area contributed by atoms with Crippen LogP contribution in [0.25, 0.3) is 21.7 Å². The van der Waals surface area contributed by atoms with Crippen LogP contribution in [0.1, 0.15) is 27.2 Å². The zero-order chi connectivity index (χ0) is 25.5. The topological polar surface area (TPSA) is 147 Å². The Morgan fingerprint density at radius 1 is 1.19 bits per heavy atom. The smallest absolute Gasteiger partial charge is 0.231 e. The normalized spacial score (nSPS) is 13.5. The second-order valence-corrected chi connectivity index (χ2v) is 12.9. The number of nitrogen functional groups attached to an aromatic ring is 1. The van der Waals surface area contributed by atoms with Gasteiger partial charge in [0.25, 0.3) is 0 Å². The summed E-state index contributed by atoms with van der Waals surface area (Å²) in [6, 6.07) is 3.82. The van der Waals surface area contributed by atoms with E-state index in [2.05, 4.69) is 19.7 Å². The quantitative estimate of drug-likeness (QED) is 0.336. The Hall–Kier alpha value is -2.94. The molecule has 1 aliphatic heterocycles. The molecule has 11 nitrogen and oxygen atoms in total. The van der Waals surface area contributed by atoms with E-state index in [1.807, 2.05) is 42.9 Å². The summed E-state index contributed by atoms with van der Waals surface area (Å²) in [7, 11) is -3.45. The first-order valence-electron chi connectivity index (χ1n) is 11.1. The van der Waals surface area contributed by atoms with Crippen molar-refractivity contribution >= 4 is 50.1 Å². The number of aryl methyl sites for hydroxylation is 1. The highest BCUT2D eigenvalue weighted by molar-refractivity contribution is 7.99. The second-order valence-electron chi connectivity index (χ2n) is 9.14. The summed E-state index contributed by atoms with van der Waals surface area (Å²) in [5, 5.41) is 3.35. The Morgan fingerprint density at radius 3 is 2.69 bits per heavy atom. The Labute approximate surface area is 216 Å². The summed E-state index contributed by atoms with van der Waals surface area (Å²) >= 11 is 2.92. The average molecular weight is 548 g/mol. The molecule has 0 radical (unpaired) electrons. The molecule has 3 N–H and O–H groups in total. The van der Waals surface area contributed by atoms with Crippen LogP contribution in [0.15, 0.2) is 40.1 Å². The fourth-order valence-corrected chi connectivity index (χ4v) is 7.10. The molecule has 0 spiro atoms. The van der Waals surface area contributed by atoms with Gasteiger partial charge in [0.05, 0.1) is 5.75 Å². The van der Waals surface area contributed by atoms with Crippen LogP contribution in [-0.2, 0) is 16.6 Å². The van der Waals surface area contributed by atoms with Crippen LogP contribution in [0.2, 0.25) is 0 Å². The molecule has 0 atom stereocenters. The SMILES string of the molecule is CC(C)(C)NS(=O)(=O)CCCn1c(Sc2cc3c(cc2-c2nccs2)OCO3)nc2c(N)ncnc21. The minimum absolute atomic E-state index is 0.0387. The average Bonchev–Trinajstić information content (AvgIpc) is 3.52.